The first kappa shape index (κ1) is 22.3. The van der Waals surface area contributed by atoms with Crippen LogP contribution in [0.15, 0.2) is 113 Å². The van der Waals surface area contributed by atoms with Crippen molar-refractivity contribution in [2.75, 3.05) is 0 Å². The van der Waals surface area contributed by atoms with E-state index in [1.165, 1.54) is 10.9 Å². The first-order valence-electron chi connectivity index (χ1n) is 10.8. The Kier molecular flexibility index (Phi) is 6.20. The van der Waals surface area contributed by atoms with Gasteiger partial charge in [-0.05, 0) is 42.5 Å². The van der Waals surface area contributed by atoms with Crippen molar-refractivity contribution in [3.63, 3.8) is 0 Å². The van der Waals surface area contributed by atoms with Crippen LogP contribution in [0.4, 0.5) is 0 Å². The van der Waals surface area contributed by atoms with E-state index >= 15 is 0 Å². The molecule has 5 aromatic rings. The highest BCUT2D eigenvalue weighted by Gasteiger charge is 2.14. The highest BCUT2D eigenvalue weighted by molar-refractivity contribution is 6.31. The Morgan fingerprint density at radius 2 is 1.57 bits per heavy atom. The Bertz CT molecular complexity index is 1610. The predicted octanol–water partition coefficient (Wildman–Crippen LogP) is 5.82. The van der Waals surface area contributed by atoms with Crippen molar-refractivity contribution in [1.29, 1.82) is 0 Å². The summed E-state index contributed by atoms with van der Waals surface area (Å²) in [6.45, 7) is 0. The lowest BCUT2D eigenvalue weighted by atomic mass is 10.2. The highest BCUT2D eigenvalue weighted by atomic mass is 35.5. The summed E-state index contributed by atoms with van der Waals surface area (Å²) in [5.74, 6) is 0.127. The van der Waals surface area contributed by atoms with E-state index in [0.717, 1.165) is 5.56 Å². The molecule has 0 unspecified atom stereocenters. The molecule has 0 spiro atoms. The number of para-hydroxylation sites is 1. The summed E-state index contributed by atoms with van der Waals surface area (Å²) >= 11 is 6.21. The molecule has 0 bridgehead atoms. The molecule has 35 heavy (non-hydrogen) atoms. The van der Waals surface area contributed by atoms with Crippen LogP contribution in [0.5, 0.6) is 5.75 Å². The molecule has 0 saturated carbocycles. The minimum absolute atomic E-state index is 0.259. The topological polar surface area (TPSA) is 73.5 Å². The zero-order valence-electron chi connectivity index (χ0n) is 18.3. The zero-order chi connectivity index (χ0) is 24.2. The van der Waals surface area contributed by atoms with E-state index in [-0.39, 0.29) is 11.3 Å². The van der Waals surface area contributed by atoms with Gasteiger partial charge in [-0.25, -0.2) is 9.78 Å². The highest BCUT2D eigenvalue weighted by Crippen LogP contribution is 2.23. The van der Waals surface area contributed by atoms with E-state index in [1.54, 1.807) is 60.7 Å². The van der Waals surface area contributed by atoms with E-state index in [4.69, 9.17) is 16.3 Å². The molecule has 0 atom stereocenters. The second-order valence-electron chi connectivity index (χ2n) is 7.62. The second-order valence-corrected chi connectivity index (χ2v) is 8.05. The lowest BCUT2D eigenvalue weighted by Gasteiger charge is -2.10. The Hall–Kier alpha value is -4.55. The normalized spacial score (nSPS) is 11.1. The molecule has 0 N–H and O–H groups in total. The average Bonchev–Trinajstić information content (AvgIpc) is 2.90. The van der Waals surface area contributed by atoms with Gasteiger partial charge in [0.05, 0.1) is 22.7 Å². The Morgan fingerprint density at radius 3 is 2.34 bits per heavy atom. The number of rotatable bonds is 5. The molecule has 4 aromatic carbocycles. The summed E-state index contributed by atoms with van der Waals surface area (Å²) < 4.78 is 6.84. The van der Waals surface area contributed by atoms with Crippen molar-refractivity contribution in [2.45, 2.75) is 0 Å². The number of aromatic nitrogens is 2. The van der Waals surface area contributed by atoms with E-state index in [1.807, 2.05) is 42.5 Å². The smallest absolute Gasteiger partial charge is 0.343 e. The van der Waals surface area contributed by atoms with Crippen LogP contribution in [0.3, 0.4) is 0 Å². The molecule has 1 heterocycles. The van der Waals surface area contributed by atoms with Crippen LogP contribution in [0, 0.1) is 0 Å². The third-order valence-corrected chi connectivity index (χ3v) is 5.52. The number of nitrogens with zero attached hydrogens (tertiary/aromatic N) is 3. The fraction of sp³-hybridized carbons (Fsp3) is 0. The maximum Gasteiger partial charge on any atom is 0.343 e. The van der Waals surface area contributed by atoms with Crippen molar-refractivity contribution in [2.24, 2.45) is 5.10 Å². The number of ether oxygens (including phenoxy) is 1. The van der Waals surface area contributed by atoms with Crippen LogP contribution >= 0.6 is 11.6 Å². The van der Waals surface area contributed by atoms with Gasteiger partial charge < -0.3 is 4.74 Å². The number of esters is 1. The van der Waals surface area contributed by atoms with Crippen molar-refractivity contribution < 1.29 is 9.53 Å². The van der Waals surface area contributed by atoms with Crippen LogP contribution in [0.2, 0.25) is 5.02 Å². The number of carbonyl (C=O) groups excluding carboxylic acids is 1. The Balaban J connectivity index is 1.60. The Labute approximate surface area is 205 Å². The number of hydrogen-bond donors (Lipinski definition) is 0. The molecule has 0 saturated heterocycles. The number of carbonyl (C=O) groups is 1. The summed E-state index contributed by atoms with van der Waals surface area (Å²) in [6.07, 6.45) is 1.43. The summed E-state index contributed by atoms with van der Waals surface area (Å²) in [4.78, 5) is 30.6. The van der Waals surface area contributed by atoms with Gasteiger partial charge in [-0.15, -0.1) is 0 Å². The minimum atomic E-state index is -0.517. The zero-order valence-corrected chi connectivity index (χ0v) is 19.1. The quantitative estimate of drug-likeness (QED) is 0.181. The molecule has 0 radical (unpaired) electrons. The van der Waals surface area contributed by atoms with E-state index in [2.05, 4.69) is 10.1 Å². The average molecular weight is 480 g/mol. The van der Waals surface area contributed by atoms with Gasteiger partial charge in [0.15, 0.2) is 5.82 Å². The van der Waals surface area contributed by atoms with E-state index in [0.29, 0.717) is 32.9 Å². The lowest BCUT2D eigenvalue weighted by Crippen LogP contribution is -2.20. The predicted molar refractivity (Wildman–Crippen MR) is 137 cm³/mol. The summed E-state index contributed by atoms with van der Waals surface area (Å²) in [6, 6.07) is 29.9. The lowest BCUT2D eigenvalue weighted by molar-refractivity contribution is 0.0734. The standard InChI is InChI=1S/C28H18ClN3O3/c29-22-15-16-25(35-28(34)20-11-5-2-6-12-20)21(17-22)18-30-32-26(19-9-3-1-4-10-19)31-24-14-8-7-13-23(24)27(32)33/h1-18H. The van der Waals surface area contributed by atoms with Gasteiger partial charge in [0.25, 0.3) is 5.56 Å². The fourth-order valence-corrected chi connectivity index (χ4v) is 3.75. The summed E-state index contributed by atoms with van der Waals surface area (Å²) in [7, 11) is 0. The van der Waals surface area contributed by atoms with Gasteiger partial charge in [0, 0.05) is 16.1 Å². The summed E-state index contributed by atoms with van der Waals surface area (Å²) in [5, 5.41) is 5.32. The third kappa shape index (κ3) is 4.74. The van der Waals surface area contributed by atoms with E-state index < -0.39 is 5.97 Å². The van der Waals surface area contributed by atoms with Crippen LogP contribution in [-0.4, -0.2) is 21.8 Å². The minimum Gasteiger partial charge on any atom is -0.422 e. The molecule has 7 heteroatoms. The van der Waals surface area contributed by atoms with Crippen molar-refractivity contribution in [3.05, 3.63) is 130 Å². The fourth-order valence-electron chi connectivity index (χ4n) is 3.57. The first-order valence-corrected chi connectivity index (χ1v) is 11.2. The Morgan fingerprint density at radius 1 is 0.886 bits per heavy atom. The molecule has 0 aliphatic carbocycles. The van der Waals surface area contributed by atoms with Crippen LogP contribution in [0.1, 0.15) is 15.9 Å². The van der Waals surface area contributed by atoms with Crippen molar-refractivity contribution >= 4 is 34.7 Å². The summed E-state index contributed by atoms with van der Waals surface area (Å²) in [5.41, 5.74) is 1.82. The number of fused-ring (bicyclic) bond motifs is 1. The number of halogens is 1. The number of hydrogen-bond acceptors (Lipinski definition) is 5. The van der Waals surface area contributed by atoms with Crippen LogP contribution in [-0.2, 0) is 0 Å². The molecular formula is C28H18ClN3O3. The van der Waals surface area contributed by atoms with Gasteiger partial charge in [0.1, 0.15) is 5.75 Å². The molecule has 6 nitrogen and oxygen atoms in total. The maximum absolute atomic E-state index is 13.4. The van der Waals surface area contributed by atoms with Gasteiger partial charge in [-0.1, -0.05) is 72.3 Å². The first-order chi connectivity index (χ1) is 17.1. The maximum atomic E-state index is 13.4. The van der Waals surface area contributed by atoms with Crippen LogP contribution < -0.4 is 10.3 Å². The van der Waals surface area contributed by atoms with Gasteiger partial charge in [0.2, 0.25) is 0 Å². The SMILES string of the molecule is O=C(Oc1ccc(Cl)cc1C=Nn1c(-c2ccccc2)nc2ccccc2c1=O)c1ccccc1. The van der Waals surface area contributed by atoms with Crippen LogP contribution in [0.25, 0.3) is 22.3 Å². The molecule has 1 aromatic heterocycles. The molecule has 0 aliphatic rings. The monoisotopic (exact) mass is 479 g/mol. The van der Waals surface area contributed by atoms with Gasteiger partial charge in [-0.2, -0.15) is 9.78 Å². The molecule has 0 amide bonds. The molecule has 170 valence electrons. The second kappa shape index (κ2) is 9.75. The van der Waals surface area contributed by atoms with Gasteiger partial charge in [-0.3, -0.25) is 4.79 Å². The molecule has 5 rings (SSSR count). The number of benzene rings is 4. The largest absolute Gasteiger partial charge is 0.422 e. The van der Waals surface area contributed by atoms with Gasteiger partial charge >= 0.3 is 5.97 Å². The van der Waals surface area contributed by atoms with E-state index in [9.17, 15) is 9.59 Å². The van der Waals surface area contributed by atoms with Crippen molar-refractivity contribution in [3.8, 4) is 17.1 Å². The molecule has 0 fully saturated rings. The third-order valence-electron chi connectivity index (χ3n) is 5.28. The molecular weight excluding hydrogens is 462 g/mol. The van der Waals surface area contributed by atoms with Crippen molar-refractivity contribution in [1.82, 2.24) is 9.66 Å². The molecule has 0 aliphatic heterocycles.